The van der Waals surface area contributed by atoms with Crippen molar-refractivity contribution < 1.29 is 0 Å². The molecule has 0 aliphatic heterocycles. The number of nitrogens with zero attached hydrogens (tertiary/aromatic N) is 5. The van der Waals surface area contributed by atoms with Crippen LogP contribution in [0.1, 0.15) is 0 Å². The lowest BCUT2D eigenvalue weighted by Gasteiger charge is -1.97. The summed E-state index contributed by atoms with van der Waals surface area (Å²) in [5.74, 6) is 6.17. The van der Waals surface area contributed by atoms with Crippen LogP contribution in [0.2, 0.25) is 0 Å². The Morgan fingerprint density at radius 2 is 2.00 bits per heavy atom. The third-order valence-electron chi connectivity index (χ3n) is 2.41. The van der Waals surface area contributed by atoms with Gasteiger partial charge in [0.05, 0.1) is 11.9 Å². The van der Waals surface area contributed by atoms with E-state index in [-0.39, 0.29) is 0 Å². The summed E-state index contributed by atoms with van der Waals surface area (Å²) in [5, 5.41) is 15.1. The number of nitrogens with two attached hydrogens (primary N) is 1. The van der Waals surface area contributed by atoms with Gasteiger partial charge < -0.3 is 5.84 Å². The van der Waals surface area contributed by atoms with Crippen LogP contribution in [-0.2, 0) is 0 Å². The van der Waals surface area contributed by atoms with Crippen molar-refractivity contribution in [1.82, 2.24) is 29.9 Å². The zero-order valence-electron chi connectivity index (χ0n) is 9.19. The van der Waals surface area contributed by atoms with Crippen LogP contribution in [-0.4, -0.2) is 29.9 Å². The Bertz CT molecular complexity index is 724. The summed E-state index contributed by atoms with van der Waals surface area (Å²) in [5.41, 5.74) is 1.41. The van der Waals surface area contributed by atoms with E-state index in [1.807, 2.05) is 30.3 Å². The molecule has 1 aromatic carbocycles. The van der Waals surface area contributed by atoms with E-state index < -0.39 is 0 Å². The van der Waals surface area contributed by atoms with Crippen molar-refractivity contribution in [2.75, 3.05) is 5.84 Å². The molecule has 0 saturated carbocycles. The zero-order chi connectivity index (χ0) is 12.5. The fourth-order valence-corrected chi connectivity index (χ4v) is 1.67. The number of H-pyrrole nitrogens is 1. The van der Waals surface area contributed by atoms with Crippen molar-refractivity contribution in [3.8, 4) is 17.2 Å². The second-order valence-corrected chi connectivity index (χ2v) is 3.96. The number of para-hydroxylation sites is 1. The predicted molar refractivity (Wildman–Crippen MR) is 67.9 cm³/mol. The highest BCUT2D eigenvalue weighted by Gasteiger charge is 2.11. The van der Waals surface area contributed by atoms with Gasteiger partial charge in [0.25, 0.3) is 0 Å². The van der Waals surface area contributed by atoms with Gasteiger partial charge in [0.1, 0.15) is 0 Å². The molecule has 8 heteroatoms. The van der Waals surface area contributed by atoms with Gasteiger partial charge in [-0.05, 0) is 24.4 Å². The molecule has 2 aromatic heterocycles. The summed E-state index contributed by atoms with van der Waals surface area (Å²) in [6.45, 7) is 0. The molecule has 0 bridgehead atoms. The highest BCUT2D eigenvalue weighted by Crippen LogP contribution is 2.12. The van der Waals surface area contributed by atoms with Gasteiger partial charge in [0, 0.05) is 0 Å². The number of rotatable bonds is 2. The quantitative estimate of drug-likeness (QED) is 0.527. The maximum absolute atomic E-state index is 5.72. The molecule has 3 N–H and O–H groups in total. The molecule has 0 amide bonds. The Morgan fingerprint density at radius 3 is 2.67 bits per heavy atom. The summed E-state index contributed by atoms with van der Waals surface area (Å²) in [6, 6.07) is 9.57. The van der Waals surface area contributed by atoms with Gasteiger partial charge in [-0.15, -0.1) is 5.10 Å². The molecular formula is C10H9N7S. The number of benzene rings is 1. The third kappa shape index (κ3) is 1.68. The van der Waals surface area contributed by atoms with Crippen LogP contribution >= 0.6 is 12.2 Å². The molecule has 3 rings (SSSR count). The Labute approximate surface area is 107 Å². The van der Waals surface area contributed by atoms with Crippen LogP contribution in [0.25, 0.3) is 17.2 Å². The average molecular weight is 259 g/mol. The first-order chi connectivity index (χ1) is 8.75. The fourth-order valence-electron chi connectivity index (χ4n) is 1.54. The second-order valence-electron chi connectivity index (χ2n) is 3.58. The van der Waals surface area contributed by atoms with Crippen molar-refractivity contribution in [3.63, 3.8) is 0 Å². The van der Waals surface area contributed by atoms with Crippen molar-refractivity contribution in [3.05, 3.63) is 41.3 Å². The maximum atomic E-state index is 5.72. The largest absolute Gasteiger partial charge is 0.335 e. The summed E-state index contributed by atoms with van der Waals surface area (Å²) < 4.78 is 1.59. The number of aromatic nitrogens is 6. The molecule has 0 spiro atoms. The fraction of sp³-hybridized carbons (Fsp3) is 0. The van der Waals surface area contributed by atoms with Gasteiger partial charge in [-0.25, -0.2) is 9.77 Å². The minimum Gasteiger partial charge on any atom is -0.335 e. The molecule has 0 aliphatic rings. The SMILES string of the molecule is Nn1c(-c2cnn(-c3ccccc3)n2)n[nH]c1=S. The van der Waals surface area contributed by atoms with Crippen LogP contribution in [0.3, 0.4) is 0 Å². The van der Waals surface area contributed by atoms with E-state index >= 15 is 0 Å². The Balaban J connectivity index is 2.05. The van der Waals surface area contributed by atoms with E-state index in [0.717, 1.165) is 5.69 Å². The first-order valence-electron chi connectivity index (χ1n) is 5.16. The van der Waals surface area contributed by atoms with Gasteiger partial charge in [-0.1, -0.05) is 18.2 Å². The first kappa shape index (κ1) is 10.7. The molecule has 0 radical (unpaired) electrons. The van der Waals surface area contributed by atoms with E-state index in [4.69, 9.17) is 18.1 Å². The van der Waals surface area contributed by atoms with E-state index in [0.29, 0.717) is 16.3 Å². The molecule has 0 unspecified atom stereocenters. The van der Waals surface area contributed by atoms with Gasteiger partial charge in [0.2, 0.25) is 10.6 Å². The molecule has 90 valence electrons. The van der Waals surface area contributed by atoms with Crippen LogP contribution < -0.4 is 5.84 Å². The molecule has 2 heterocycles. The lowest BCUT2D eigenvalue weighted by Crippen LogP contribution is -2.10. The second kappa shape index (κ2) is 4.08. The van der Waals surface area contributed by atoms with E-state index in [1.165, 1.54) is 9.47 Å². The van der Waals surface area contributed by atoms with Gasteiger partial charge in [-0.2, -0.15) is 15.0 Å². The summed E-state index contributed by atoms with van der Waals surface area (Å²) in [7, 11) is 0. The zero-order valence-corrected chi connectivity index (χ0v) is 10.0. The lowest BCUT2D eigenvalue weighted by molar-refractivity contribution is 0.751. The third-order valence-corrected chi connectivity index (χ3v) is 2.70. The summed E-state index contributed by atoms with van der Waals surface area (Å²) in [4.78, 5) is 1.51. The maximum Gasteiger partial charge on any atom is 0.214 e. The first-order valence-corrected chi connectivity index (χ1v) is 5.57. The van der Waals surface area contributed by atoms with E-state index in [9.17, 15) is 0 Å². The van der Waals surface area contributed by atoms with Crippen molar-refractivity contribution in [2.24, 2.45) is 0 Å². The Morgan fingerprint density at radius 1 is 1.22 bits per heavy atom. The van der Waals surface area contributed by atoms with Crippen LogP contribution in [0.5, 0.6) is 0 Å². The molecule has 7 nitrogen and oxygen atoms in total. The number of nitrogen functional groups attached to an aromatic ring is 1. The summed E-state index contributed by atoms with van der Waals surface area (Å²) in [6.07, 6.45) is 1.58. The Kier molecular flexibility index (Phi) is 2.41. The lowest BCUT2D eigenvalue weighted by atomic mass is 10.3. The predicted octanol–water partition coefficient (Wildman–Crippen LogP) is 0.902. The molecule has 0 saturated heterocycles. The van der Waals surface area contributed by atoms with E-state index in [2.05, 4.69) is 20.4 Å². The average Bonchev–Trinajstić information content (AvgIpc) is 3.00. The number of hydrogen-bond acceptors (Lipinski definition) is 5. The molecule has 0 atom stereocenters. The van der Waals surface area contributed by atoms with Crippen LogP contribution in [0.4, 0.5) is 0 Å². The Hall–Kier alpha value is -2.48. The standard InChI is InChI=1S/C10H9N7S/c11-16-9(13-14-10(16)18)8-6-12-17(15-8)7-4-2-1-3-5-7/h1-6H,11H2,(H,14,18). The van der Waals surface area contributed by atoms with Crippen molar-refractivity contribution in [2.45, 2.75) is 0 Å². The van der Waals surface area contributed by atoms with Crippen LogP contribution in [0.15, 0.2) is 36.5 Å². The summed E-state index contributed by atoms with van der Waals surface area (Å²) >= 11 is 4.94. The highest BCUT2D eigenvalue weighted by molar-refractivity contribution is 7.71. The molecule has 0 aliphatic carbocycles. The normalized spacial score (nSPS) is 10.7. The highest BCUT2D eigenvalue weighted by atomic mass is 32.1. The van der Waals surface area contributed by atoms with Crippen molar-refractivity contribution >= 4 is 12.2 Å². The number of hydrogen-bond donors (Lipinski definition) is 2. The molecular weight excluding hydrogens is 250 g/mol. The number of nitrogens with one attached hydrogen (secondary N) is 1. The monoisotopic (exact) mass is 259 g/mol. The van der Waals surface area contributed by atoms with Crippen molar-refractivity contribution in [1.29, 1.82) is 0 Å². The minimum atomic E-state index is 0.333. The van der Waals surface area contributed by atoms with Gasteiger partial charge in [-0.3, -0.25) is 0 Å². The smallest absolute Gasteiger partial charge is 0.214 e. The molecule has 0 fully saturated rings. The van der Waals surface area contributed by atoms with Gasteiger partial charge in [0.15, 0.2) is 5.69 Å². The van der Waals surface area contributed by atoms with Gasteiger partial charge >= 0.3 is 0 Å². The minimum absolute atomic E-state index is 0.333. The molecule has 3 aromatic rings. The van der Waals surface area contributed by atoms with Crippen LogP contribution in [0, 0.1) is 4.77 Å². The topological polar surface area (TPSA) is 90.3 Å². The molecule has 18 heavy (non-hydrogen) atoms. The van der Waals surface area contributed by atoms with E-state index in [1.54, 1.807) is 6.20 Å². The number of aromatic amines is 1.